The minimum Gasteiger partial charge on any atom is -0.221 e. The molecule has 1 atom stereocenters. The van der Waals surface area contributed by atoms with Gasteiger partial charge >= 0.3 is 23.9 Å². The van der Waals surface area contributed by atoms with Crippen LogP contribution in [-0.4, -0.2) is 22.1 Å². The van der Waals surface area contributed by atoms with Crippen molar-refractivity contribution in [2.75, 3.05) is 0 Å². The van der Waals surface area contributed by atoms with E-state index in [1.807, 2.05) is 0 Å². The van der Waals surface area contributed by atoms with Gasteiger partial charge < -0.3 is 0 Å². The smallest absolute Gasteiger partial charge is 0.221 e. The number of benzene rings is 1. The molecule has 1 unspecified atom stereocenters. The Morgan fingerprint density at radius 3 is 1.65 bits per heavy atom. The topological polar surface area (TPSA) is 0 Å². The highest BCUT2D eigenvalue weighted by Crippen LogP contribution is 2.59. The van der Waals surface area contributed by atoms with E-state index in [4.69, 9.17) is 34.8 Å². The highest BCUT2D eigenvalue weighted by Gasteiger charge is 2.82. The van der Waals surface area contributed by atoms with Gasteiger partial charge in [0.15, 0.2) is 3.79 Å². The number of hydrogen-bond donors (Lipinski definition) is 0. The summed E-state index contributed by atoms with van der Waals surface area (Å²) >= 11 is 21.3. The minimum atomic E-state index is -6.87. The molecule has 0 aromatic heterocycles. The van der Waals surface area contributed by atoms with Gasteiger partial charge in [-0.1, -0.05) is 50.7 Å². The Morgan fingerprint density at radius 1 is 0.846 bits per heavy atom. The first-order valence-corrected chi connectivity index (χ1v) is 8.65. The monoisotopic (exact) mass is 581 g/mol. The van der Waals surface area contributed by atoms with Gasteiger partial charge in [0.05, 0.1) is 0 Å². The molecule has 0 spiro atoms. The van der Waals surface area contributed by atoms with Crippen LogP contribution in [0.25, 0.3) is 0 Å². The maximum absolute atomic E-state index is 14.7. The van der Waals surface area contributed by atoms with Crippen molar-refractivity contribution in [3.63, 3.8) is 0 Å². The molecule has 0 aliphatic rings. The Bertz CT molecular complexity index is 682. The van der Waals surface area contributed by atoms with Crippen LogP contribution >= 0.6 is 66.7 Å². The molecule has 1 aromatic carbocycles. The van der Waals surface area contributed by atoms with Crippen LogP contribution in [0.2, 0.25) is 0 Å². The molecule has 149 valence electrons. The van der Waals surface area contributed by atoms with E-state index >= 15 is 0 Å². The van der Waals surface area contributed by atoms with Crippen molar-refractivity contribution in [3.8, 4) is 0 Å². The summed E-state index contributed by atoms with van der Waals surface area (Å²) in [6, 6.07) is 2.29. The predicted octanol–water partition coefficient (Wildman–Crippen LogP) is 7.85. The van der Waals surface area contributed by atoms with Crippen LogP contribution in [0.15, 0.2) is 15.0 Å². The van der Waals surface area contributed by atoms with Gasteiger partial charge in [0.2, 0.25) is 0 Å². The van der Waals surface area contributed by atoms with Crippen molar-refractivity contribution in [2.24, 2.45) is 0 Å². The minimum absolute atomic E-state index is 0.0731. The summed E-state index contributed by atoms with van der Waals surface area (Å²) in [7, 11) is 0. The third kappa shape index (κ3) is 4.52. The molecule has 0 bridgehead atoms. The first-order valence-electron chi connectivity index (χ1n) is 5.93. The van der Waals surface area contributed by atoms with Crippen molar-refractivity contribution >= 4 is 66.7 Å². The van der Waals surface area contributed by atoms with Crippen molar-refractivity contribution in [1.29, 1.82) is 0 Å². The van der Waals surface area contributed by atoms with Gasteiger partial charge in [0, 0.05) is 27.0 Å². The molecule has 0 heterocycles. The zero-order valence-corrected chi connectivity index (χ0v) is 17.0. The molecule has 26 heavy (non-hydrogen) atoms. The third-order valence-electron chi connectivity index (χ3n) is 3.02. The lowest BCUT2D eigenvalue weighted by atomic mass is 9.84. The van der Waals surface area contributed by atoms with Crippen LogP contribution in [0.4, 0.5) is 39.5 Å². The molecular formula is C12H3Br2Cl3F9. The van der Waals surface area contributed by atoms with Crippen molar-refractivity contribution in [2.45, 2.75) is 34.2 Å². The van der Waals surface area contributed by atoms with Crippen molar-refractivity contribution in [1.82, 2.24) is 0 Å². The number of rotatable bonds is 3. The van der Waals surface area contributed by atoms with E-state index in [1.165, 1.54) is 0 Å². The van der Waals surface area contributed by atoms with Crippen molar-refractivity contribution < 1.29 is 39.5 Å². The Balaban J connectivity index is 3.97. The fraction of sp³-hybridized carbons (Fsp3) is 0.500. The Morgan fingerprint density at radius 2 is 1.31 bits per heavy atom. The van der Waals surface area contributed by atoms with E-state index in [0.29, 0.717) is 0 Å². The first kappa shape index (κ1) is 24.5. The zero-order chi connectivity index (χ0) is 20.9. The Kier molecular flexibility index (Phi) is 6.91. The summed E-state index contributed by atoms with van der Waals surface area (Å²) in [6.45, 7) is 0. The predicted molar refractivity (Wildman–Crippen MR) is 84.5 cm³/mol. The molecule has 0 saturated heterocycles. The quantitative estimate of drug-likeness (QED) is 0.251. The molecule has 1 aromatic rings. The van der Waals surface area contributed by atoms with Gasteiger partial charge in [0.1, 0.15) is 0 Å². The standard InChI is InChI=1S/C12H3Br2Cl3F9/c13-4-1-6(5(7(14)2-4)3-8(15,16)17)9(18,11(21,22)23)10(19,20)12(24,25)26/h1H,3H2. The second kappa shape index (κ2) is 7.35. The van der Waals surface area contributed by atoms with E-state index in [9.17, 15) is 39.5 Å². The van der Waals surface area contributed by atoms with E-state index in [1.54, 1.807) is 0 Å². The zero-order valence-electron chi connectivity index (χ0n) is 11.6. The maximum atomic E-state index is 14.7. The van der Waals surface area contributed by atoms with Gasteiger partial charge in [-0.25, -0.2) is 4.39 Å². The van der Waals surface area contributed by atoms with E-state index in [2.05, 4.69) is 37.9 Å². The second-order valence-corrected chi connectivity index (χ2v) is 9.01. The normalized spacial score (nSPS) is 16.5. The second-order valence-electron chi connectivity index (χ2n) is 4.84. The van der Waals surface area contributed by atoms with Crippen LogP contribution in [-0.2, 0) is 12.1 Å². The number of halogens is 14. The summed E-state index contributed by atoms with van der Waals surface area (Å²) in [6.07, 6.45) is -14.7. The van der Waals surface area contributed by atoms with Gasteiger partial charge in [-0.3, -0.25) is 0 Å². The molecule has 0 aliphatic heterocycles. The fourth-order valence-electron chi connectivity index (χ4n) is 1.92. The third-order valence-corrected chi connectivity index (χ3v) is 4.52. The van der Waals surface area contributed by atoms with Crippen LogP contribution in [0.1, 0.15) is 11.1 Å². The van der Waals surface area contributed by atoms with Gasteiger partial charge in [-0.05, 0) is 27.6 Å². The summed E-state index contributed by atoms with van der Waals surface area (Å²) < 4.78 is 116. The summed E-state index contributed by atoms with van der Waals surface area (Å²) in [5.41, 5.74) is -9.31. The van der Waals surface area contributed by atoms with E-state index < -0.39 is 54.2 Å². The van der Waals surface area contributed by atoms with Crippen molar-refractivity contribution in [3.05, 3.63) is 32.2 Å². The SMILES string of the molecule is FC(F)(F)C(F)(F)C(F)(c1cc(Br)[c]c(Br)c1CC(Cl)(Cl)Cl)C(F)(F)F. The molecule has 0 nitrogen and oxygen atoms in total. The molecule has 0 fully saturated rings. The highest BCUT2D eigenvalue weighted by atomic mass is 79.9. The molecule has 0 amide bonds. The lowest BCUT2D eigenvalue weighted by Gasteiger charge is -2.37. The largest absolute Gasteiger partial charge is 0.457 e. The molecule has 0 saturated carbocycles. The Hall–Kier alpha value is 0.420. The lowest BCUT2D eigenvalue weighted by Crippen LogP contribution is -2.60. The molecule has 14 heteroatoms. The highest BCUT2D eigenvalue weighted by molar-refractivity contribution is 9.11. The summed E-state index contributed by atoms with van der Waals surface area (Å²) in [5.74, 6) is -6.85. The number of hydrogen-bond acceptors (Lipinski definition) is 0. The average Bonchev–Trinajstić information content (AvgIpc) is 2.36. The van der Waals surface area contributed by atoms with Gasteiger partial charge in [-0.15, -0.1) is 0 Å². The van der Waals surface area contributed by atoms with Gasteiger partial charge in [-0.2, -0.15) is 35.1 Å². The first-order chi connectivity index (χ1) is 11.3. The fourth-order valence-corrected chi connectivity index (χ4v) is 3.59. The average molecular weight is 584 g/mol. The molecule has 0 N–H and O–H groups in total. The van der Waals surface area contributed by atoms with E-state index in [-0.39, 0.29) is 6.07 Å². The van der Waals surface area contributed by atoms with Crippen LogP contribution in [0.5, 0.6) is 0 Å². The number of alkyl halides is 12. The Labute approximate surface area is 172 Å². The van der Waals surface area contributed by atoms with Crippen LogP contribution in [0.3, 0.4) is 0 Å². The molecule has 0 aliphatic carbocycles. The summed E-state index contributed by atoms with van der Waals surface area (Å²) in [5, 5.41) is 0. The van der Waals surface area contributed by atoms with Crippen LogP contribution < -0.4 is 0 Å². The molecule has 1 rings (SSSR count). The molecule has 1 radical (unpaired) electrons. The lowest BCUT2D eigenvalue weighted by molar-refractivity contribution is -0.389. The summed E-state index contributed by atoms with van der Waals surface area (Å²) in [4.78, 5) is 0. The van der Waals surface area contributed by atoms with Crippen LogP contribution in [0, 0.1) is 6.07 Å². The van der Waals surface area contributed by atoms with Gasteiger partial charge in [0.25, 0.3) is 0 Å². The maximum Gasteiger partial charge on any atom is 0.457 e. The van der Waals surface area contributed by atoms with E-state index in [0.717, 1.165) is 0 Å². The molecular weight excluding hydrogens is 581 g/mol.